The Morgan fingerprint density at radius 3 is 2.33 bits per heavy atom. The number of amides is 3. The first kappa shape index (κ1) is 12.5. The molecule has 0 aliphatic carbocycles. The van der Waals surface area contributed by atoms with Crippen molar-refractivity contribution >= 4 is 17.6 Å². The fraction of sp³-hybridized carbons (Fsp3) is 0.385. The van der Waals surface area contributed by atoms with Crippen LogP contribution in [0, 0.1) is 5.82 Å². The number of likely N-dealkylation sites (N-methyl/N-ethyl adjacent to an activating group) is 1. The van der Waals surface area contributed by atoms with Crippen molar-refractivity contribution in [3.05, 3.63) is 30.1 Å². The lowest BCUT2D eigenvalue weighted by atomic mass is 10.0. The van der Waals surface area contributed by atoms with Gasteiger partial charge in [-0.15, -0.1) is 0 Å². The molecule has 4 nitrogen and oxygen atoms in total. The number of imide groups is 1. The summed E-state index contributed by atoms with van der Waals surface area (Å²) in [6, 6.07) is 5.31. The lowest BCUT2D eigenvalue weighted by molar-refractivity contribution is -0.123. The normalized spacial score (nSPS) is 18.7. The Labute approximate surface area is 105 Å². The van der Waals surface area contributed by atoms with Crippen molar-refractivity contribution in [2.45, 2.75) is 26.3 Å². The lowest BCUT2D eigenvalue weighted by Crippen LogP contribution is -2.43. The Hall–Kier alpha value is -1.91. The van der Waals surface area contributed by atoms with Crippen LogP contribution in [0.5, 0.6) is 0 Å². The highest BCUT2D eigenvalue weighted by atomic mass is 19.1. The molecule has 0 N–H and O–H groups in total. The van der Waals surface area contributed by atoms with Gasteiger partial charge < -0.3 is 4.90 Å². The molecule has 1 saturated heterocycles. The van der Waals surface area contributed by atoms with E-state index in [1.165, 1.54) is 23.1 Å². The summed E-state index contributed by atoms with van der Waals surface area (Å²) in [6.45, 7) is 5.52. The smallest absolute Gasteiger partial charge is 0.310 e. The van der Waals surface area contributed by atoms with E-state index in [0.29, 0.717) is 6.54 Å². The number of rotatable bonds is 2. The second-order valence-corrected chi connectivity index (χ2v) is 4.68. The molecule has 0 radical (unpaired) electrons. The van der Waals surface area contributed by atoms with E-state index in [-0.39, 0.29) is 5.69 Å². The number of carbonyl (C=O) groups is 2. The Kier molecular flexibility index (Phi) is 2.84. The van der Waals surface area contributed by atoms with E-state index in [1.54, 1.807) is 26.8 Å². The number of benzene rings is 1. The molecule has 0 aromatic heterocycles. The van der Waals surface area contributed by atoms with Crippen LogP contribution in [0.4, 0.5) is 14.9 Å². The minimum absolute atomic E-state index is 0.0107. The van der Waals surface area contributed by atoms with E-state index < -0.39 is 23.3 Å². The van der Waals surface area contributed by atoms with Crippen LogP contribution in [0.25, 0.3) is 0 Å². The topological polar surface area (TPSA) is 40.6 Å². The first-order chi connectivity index (χ1) is 8.41. The predicted molar refractivity (Wildman–Crippen MR) is 65.7 cm³/mol. The summed E-state index contributed by atoms with van der Waals surface area (Å²) in [6.07, 6.45) is 0. The number of carbonyl (C=O) groups excluding carboxylic acids is 2. The largest absolute Gasteiger partial charge is 0.332 e. The van der Waals surface area contributed by atoms with Crippen LogP contribution < -0.4 is 4.90 Å². The van der Waals surface area contributed by atoms with Crippen molar-refractivity contribution in [3.63, 3.8) is 0 Å². The fourth-order valence-electron chi connectivity index (χ4n) is 2.21. The molecule has 0 bridgehead atoms. The van der Waals surface area contributed by atoms with Gasteiger partial charge in [-0.25, -0.2) is 14.1 Å². The van der Waals surface area contributed by atoms with Crippen LogP contribution in [0.1, 0.15) is 20.8 Å². The Bertz CT molecular complexity index is 513. The number of halogens is 1. The Morgan fingerprint density at radius 1 is 1.22 bits per heavy atom. The summed E-state index contributed by atoms with van der Waals surface area (Å²) in [7, 11) is 0. The summed E-state index contributed by atoms with van der Waals surface area (Å²) in [5.41, 5.74) is -0.926. The average Bonchev–Trinajstić information content (AvgIpc) is 2.48. The molecule has 1 aromatic rings. The maximum absolute atomic E-state index is 13.7. The monoisotopic (exact) mass is 250 g/mol. The standard InChI is InChI=1S/C13H15FN2O2/c1-4-15-12(18)16(11(17)13(15,2)3)10-8-6-5-7-9(10)14/h5-8H,4H2,1-3H3. The van der Waals surface area contributed by atoms with Crippen molar-refractivity contribution in [2.75, 3.05) is 11.4 Å². The highest BCUT2D eigenvalue weighted by Gasteiger charge is 2.51. The molecule has 0 unspecified atom stereocenters. The van der Waals surface area contributed by atoms with Gasteiger partial charge in [-0.1, -0.05) is 12.1 Å². The van der Waals surface area contributed by atoms with Crippen molar-refractivity contribution in [3.8, 4) is 0 Å². The van der Waals surface area contributed by atoms with Gasteiger partial charge in [-0.2, -0.15) is 0 Å². The third-order valence-corrected chi connectivity index (χ3v) is 3.23. The molecule has 1 aliphatic heterocycles. The van der Waals surface area contributed by atoms with Crippen LogP contribution in [0.15, 0.2) is 24.3 Å². The number of urea groups is 1. The van der Waals surface area contributed by atoms with E-state index >= 15 is 0 Å². The van der Waals surface area contributed by atoms with Gasteiger partial charge in [0.15, 0.2) is 0 Å². The quantitative estimate of drug-likeness (QED) is 0.756. The van der Waals surface area contributed by atoms with Gasteiger partial charge in [0.2, 0.25) is 0 Å². The molecular weight excluding hydrogens is 235 g/mol. The lowest BCUT2D eigenvalue weighted by Gasteiger charge is -2.25. The van der Waals surface area contributed by atoms with E-state index in [2.05, 4.69) is 0 Å². The Morgan fingerprint density at radius 2 is 1.83 bits per heavy atom. The second kappa shape index (κ2) is 4.08. The molecule has 5 heteroatoms. The van der Waals surface area contributed by atoms with Crippen LogP contribution in [0.3, 0.4) is 0 Å². The molecule has 0 spiro atoms. The molecule has 0 saturated carbocycles. The van der Waals surface area contributed by atoms with Gasteiger partial charge in [0.05, 0.1) is 5.69 Å². The van der Waals surface area contributed by atoms with Crippen molar-refractivity contribution in [1.82, 2.24) is 4.90 Å². The summed E-state index contributed by atoms with van der Waals surface area (Å²) in [4.78, 5) is 26.8. The van der Waals surface area contributed by atoms with E-state index in [9.17, 15) is 14.0 Å². The molecule has 2 rings (SSSR count). The van der Waals surface area contributed by atoms with Gasteiger partial charge in [0, 0.05) is 6.54 Å². The fourth-order valence-corrected chi connectivity index (χ4v) is 2.21. The first-order valence-corrected chi connectivity index (χ1v) is 5.82. The minimum atomic E-state index is -0.936. The first-order valence-electron chi connectivity index (χ1n) is 5.82. The molecule has 1 aliphatic rings. The van der Waals surface area contributed by atoms with E-state index in [1.807, 2.05) is 0 Å². The summed E-state index contributed by atoms with van der Waals surface area (Å²) in [5, 5.41) is 0. The molecule has 1 aromatic carbocycles. The molecular formula is C13H15FN2O2. The van der Waals surface area contributed by atoms with Crippen molar-refractivity contribution in [2.24, 2.45) is 0 Å². The van der Waals surface area contributed by atoms with Crippen molar-refractivity contribution < 1.29 is 14.0 Å². The highest BCUT2D eigenvalue weighted by Crippen LogP contribution is 2.32. The van der Waals surface area contributed by atoms with E-state index in [0.717, 1.165) is 4.90 Å². The predicted octanol–water partition coefficient (Wildman–Crippen LogP) is 2.39. The van der Waals surface area contributed by atoms with Crippen LogP contribution in [0.2, 0.25) is 0 Å². The third-order valence-electron chi connectivity index (χ3n) is 3.23. The van der Waals surface area contributed by atoms with Crippen molar-refractivity contribution in [1.29, 1.82) is 0 Å². The third kappa shape index (κ3) is 1.58. The summed E-state index contributed by atoms with van der Waals surface area (Å²) >= 11 is 0. The number of anilines is 1. The van der Waals surface area contributed by atoms with Gasteiger partial charge >= 0.3 is 6.03 Å². The summed E-state index contributed by atoms with van der Waals surface area (Å²) in [5.74, 6) is -0.979. The molecule has 3 amide bonds. The number of hydrogen-bond acceptors (Lipinski definition) is 2. The molecule has 18 heavy (non-hydrogen) atoms. The maximum Gasteiger partial charge on any atom is 0.332 e. The molecule has 1 fully saturated rings. The van der Waals surface area contributed by atoms with Crippen LogP contribution in [-0.4, -0.2) is 28.9 Å². The van der Waals surface area contributed by atoms with Gasteiger partial charge in [0.25, 0.3) is 5.91 Å². The minimum Gasteiger partial charge on any atom is -0.310 e. The molecule has 0 atom stereocenters. The number of hydrogen-bond donors (Lipinski definition) is 0. The average molecular weight is 250 g/mol. The van der Waals surface area contributed by atoms with Gasteiger partial charge in [-0.05, 0) is 32.9 Å². The van der Waals surface area contributed by atoms with Crippen LogP contribution in [-0.2, 0) is 4.79 Å². The number of para-hydroxylation sites is 1. The maximum atomic E-state index is 13.7. The second-order valence-electron chi connectivity index (χ2n) is 4.68. The SMILES string of the molecule is CCN1C(=O)N(c2ccccc2F)C(=O)C1(C)C. The summed E-state index contributed by atoms with van der Waals surface area (Å²) < 4.78 is 13.7. The zero-order valence-corrected chi connectivity index (χ0v) is 10.6. The van der Waals surface area contributed by atoms with Gasteiger partial charge in [-0.3, -0.25) is 4.79 Å². The van der Waals surface area contributed by atoms with Crippen LogP contribution >= 0.6 is 0 Å². The molecule has 1 heterocycles. The zero-order chi connectivity index (χ0) is 13.5. The number of nitrogens with zero attached hydrogens (tertiary/aromatic N) is 2. The Balaban J connectivity index is 2.51. The zero-order valence-electron chi connectivity index (χ0n) is 10.6. The van der Waals surface area contributed by atoms with Gasteiger partial charge in [0.1, 0.15) is 11.4 Å². The molecule has 96 valence electrons. The highest BCUT2D eigenvalue weighted by molar-refractivity contribution is 6.23. The van der Waals surface area contributed by atoms with E-state index in [4.69, 9.17) is 0 Å².